The molecule has 0 saturated heterocycles. The van der Waals surface area contributed by atoms with Gasteiger partial charge in [-0.15, -0.1) is 0 Å². The van der Waals surface area contributed by atoms with Crippen molar-refractivity contribution in [2.24, 2.45) is 5.92 Å². The van der Waals surface area contributed by atoms with Crippen molar-refractivity contribution in [2.75, 3.05) is 13.2 Å². The molecule has 0 fully saturated rings. The molecule has 0 saturated carbocycles. The van der Waals surface area contributed by atoms with Crippen LogP contribution >= 0.6 is 0 Å². The van der Waals surface area contributed by atoms with Gasteiger partial charge in [0.15, 0.2) is 18.3 Å². The minimum absolute atomic E-state index is 0.00878. The highest BCUT2D eigenvalue weighted by Crippen LogP contribution is 2.41. The number of alkyl halides is 9. The molecule has 2 aromatic rings. The maximum atomic E-state index is 13.6. The Hall–Kier alpha value is -5.90. The molecule has 0 bridgehead atoms. The van der Waals surface area contributed by atoms with Crippen molar-refractivity contribution < 1.29 is 87.7 Å². The topological polar surface area (TPSA) is 206 Å². The van der Waals surface area contributed by atoms with E-state index in [1.807, 2.05) is 5.32 Å². The molecule has 0 aromatic heterocycles. The SMILES string of the molecule is CC(NC(=O)C(NC(=O)CNC(=O)OCc1ccc(C(F)(F)F)cc1)C(C(F)(F)F)C(F)(F)F)C(=O)NC(CC(=O)O)C(=O)COC(=O)c1ccccc1. The summed E-state index contributed by atoms with van der Waals surface area (Å²) in [5.74, 6) is -14.1. The van der Waals surface area contributed by atoms with Gasteiger partial charge in [-0.2, -0.15) is 39.5 Å². The van der Waals surface area contributed by atoms with Gasteiger partial charge >= 0.3 is 36.6 Å². The molecule has 14 nitrogen and oxygen atoms in total. The summed E-state index contributed by atoms with van der Waals surface area (Å²) in [5.41, 5.74) is -1.03. The fraction of sp³-hybridized carbons (Fsp3) is 0.387. The van der Waals surface area contributed by atoms with Gasteiger partial charge in [-0.3, -0.25) is 24.0 Å². The van der Waals surface area contributed by atoms with E-state index in [-0.39, 0.29) is 11.1 Å². The first-order valence-electron chi connectivity index (χ1n) is 15.0. The van der Waals surface area contributed by atoms with Crippen molar-refractivity contribution in [2.45, 2.75) is 56.6 Å². The lowest BCUT2D eigenvalue weighted by Crippen LogP contribution is -2.62. The first kappa shape index (κ1) is 44.3. The minimum atomic E-state index is -6.25. The number of Topliss-reactive ketones (excluding diaryl/α,β-unsaturated/α-hetero) is 1. The summed E-state index contributed by atoms with van der Waals surface area (Å²) in [7, 11) is 0. The number of esters is 1. The fourth-order valence-electron chi connectivity index (χ4n) is 4.21. The van der Waals surface area contributed by atoms with Crippen LogP contribution in [0, 0.1) is 5.92 Å². The van der Waals surface area contributed by atoms with Crippen LogP contribution in [-0.2, 0) is 46.2 Å². The van der Waals surface area contributed by atoms with E-state index in [9.17, 15) is 73.1 Å². The summed E-state index contributed by atoms with van der Waals surface area (Å²) in [6, 6.07) is 2.64. The third-order valence-electron chi connectivity index (χ3n) is 6.87. The smallest absolute Gasteiger partial charge is 0.416 e. The molecule has 3 atom stereocenters. The lowest BCUT2D eigenvalue weighted by atomic mass is 9.96. The summed E-state index contributed by atoms with van der Waals surface area (Å²) >= 11 is 0. The van der Waals surface area contributed by atoms with Crippen LogP contribution in [0.1, 0.15) is 34.8 Å². The zero-order chi connectivity index (χ0) is 41.0. The Balaban J connectivity index is 2.11. The lowest BCUT2D eigenvalue weighted by molar-refractivity contribution is -0.289. The van der Waals surface area contributed by atoms with E-state index in [4.69, 9.17) is 9.84 Å². The first-order chi connectivity index (χ1) is 24.9. The predicted molar refractivity (Wildman–Crippen MR) is 161 cm³/mol. The van der Waals surface area contributed by atoms with Gasteiger partial charge in [-0.25, -0.2) is 9.59 Å². The van der Waals surface area contributed by atoms with Crippen LogP contribution in [0.4, 0.5) is 44.3 Å². The van der Waals surface area contributed by atoms with Crippen molar-refractivity contribution in [3.8, 4) is 0 Å². The zero-order valence-corrected chi connectivity index (χ0v) is 27.4. The lowest BCUT2D eigenvalue weighted by Gasteiger charge is -2.31. The third-order valence-corrected chi connectivity index (χ3v) is 6.87. The van der Waals surface area contributed by atoms with Crippen LogP contribution in [0.5, 0.6) is 0 Å². The van der Waals surface area contributed by atoms with Gasteiger partial charge in [-0.05, 0) is 36.8 Å². The second-order valence-electron chi connectivity index (χ2n) is 11.0. The molecule has 0 radical (unpaired) electrons. The maximum Gasteiger partial charge on any atom is 0.416 e. The number of aliphatic carboxylic acids is 1. The van der Waals surface area contributed by atoms with Gasteiger partial charge in [-0.1, -0.05) is 30.3 Å². The Kier molecular flexibility index (Phi) is 15.4. The van der Waals surface area contributed by atoms with E-state index in [0.717, 1.165) is 12.1 Å². The van der Waals surface area contributed by atoms with Crippen LogP contribution in [0.25, 0.3) is 0 Å². The number of carbonyl (C=O) groups is 7. The molecule has 0 aliphatic heterocycles. The Morgan fingerprint density at radius 3 is 1.83 bits per heavy atom. The number of benzene rings is 2. The molecule has 0 spiro atoms. The molecular weight excluding hydrogens is 759 g/mol. The van der Waals surface area contributed by atoms with Crippen LogP contribution < -0.4 is 21.3 Å². The van der Waals surface area contributed by atoms with Gasteiger partial charge in [0.25, 0.3) is 0 Å². The molecular formula is C31H29F9N4O10. The normalized spacial score (nSPS) is 13.5. The fourth-order valence-corrected chi connectivity index (χ4v) is 4.21. The van der Waals surface area contributed by atoms with Crippen LogP contribution in [0.2, 0.25) is 0 Å². The minimum Gasteiger partial charge on any atom is -0.481 e. The number of alkyl carbamates (subject to hydrolysis) is 1. The Morgan fingerprint density at radius 1 is 0.741 bits per heavy atom. The number of halogens is 9. The molecule has 0 aliphatic carbocycles. The first-order valence-corrected chi connectivity index (χ1v) is 15.0. The van der Waals surface area contributed by atoms with Crippen LogP contribution in [0.3, 0.4) is 0 Å². The summed E-state index contributed by atoms with van der Waals surface area (Å²) in [4.78, 5) is 85.8. The molecule has 0 heterocycles. The van der Waals surface area contributed by atoms with Crippen LogP contribution in [0.15, 0.2) is 54.6 Å². The van der Waals surface area contributed by atoms with E-state index in [2.05, 4.69) is 4.74 Å². The number of carboxylic acids is 1. The van der Waals surface area contributed by atoms with Crippen molar-refractivity contribution >= 4 is 41.5 Å². The van der Waals surface area contributed by atoms with E-state index in [0.29, 0.717) is 19.1 Å². The second-order valence-corrected chi connectivity index (χ2v) is 11.0. The number of ether oxygens (including phenoxy) is 2. The number of amides is 4. The maximum absolute atomic E-state index is 13.6. The molecule has 296 valence electrons. The van der Waals surface area contributed by atoms with Crippen molar-refractivity contribution in [1.29, 1.82) is 0 Å². The van der Waals surface area contributed by atoms with Crippen molar-refractivity contribution in [1.82, 2.24) is 21.3 Å². The average Bonchev–Trinajstić information content (AvgIpc) is 3.06. The molecule has 2 rings (SSSR count). The Morgan fingerprint density at radius 2 is 1.31 bits per heavy atom. The van der Waals surface area contributed by atoms with Crippen LogP contribution in [-0.4, -0.2) is 90.3 Å². The van der Waals surface area contributed by atoms with Crippen molar-refractivity contribution in [3.63, 3.8) is 0 Å². The molecule has 3 unspecified atom stereocenters. The zero-order valence-electron chi connectivity index (χ0n) is 27.4. The van der Waals surface area contributed by atoms with Crippen molar-refractivity contribution in [3.05, 3.63) is 71.3 Å². The Bertz CT molecular complexity index is 1650. The van der Waals surface area contributed by atoms with Gasteiger partial charge in [0.05, 0.1) is 17.5 Å². The number of nitrogens with one attached hydrogen (secondary N) is 4. The van der Waals surface area contributed by atoms with Gasteiger partial charge < -0.3 is 35.8 Å². The molecule has 2 aromatic carbocycles. The molecule has 4 amide bonds. The number of carboxylic acid groups (broad SMARTS) is 1. The summed E-state index contributed by atoms with van der Waals surface area (Å²) in [6.45, 7) is -2.44. The predicted octanol–water partition coefficient (Wildman–Crippen LogP) is 3.05. The van der Waals surface area contributed by atoms with Gasteiger partial charge in [0, 0.05) is 0 Å². The molecule has 5 N–H and O–H groups in total. The summed E-state index contributed by atoms with van der Waals surface area (Å²) in [6.07, 6.45) is -19.8. The number of rotatable bonds is 16. The highest BCUT2D eigenvalue weighted by atomic mass is 19.4. The quantitative estimate of drug-likeness (QED) is 0.124. The third kappa shape index (κ3) is 14.3. The largest absolute Gasteiger partial charge is 0.481 e. The number of carbonyl (C=O) groups excluding carboxylic acids is 6. The van der Waals surface area contributed by atoms with Gasteiger partial charge in [0.2, 0.25) is 17.7 Å². The average molecular weight is 789 g/mol. The van der Waals surface area contributed by atoms with E-state index >= 15 is 0 Å². The van der Waals surface area contributed by atoms with Gasteiger partial charge in [0.1, 0.15) is 31.3 Å². The standard InChI is InChI=1S/C31H29F9N4O10/c1-15(25(49)43-19(11-22(47)48)20(45)14-53-27(51)17-5-3-2-4-6-17)42-26(50)23(24(30(35,36)37)31(38,39)40)44-21(46)12-41-28(52)54-13-16-7-9-18(10-8-16)29(32,33)34/h2-10,15,19,23-24H,11-14H2,1H3,(H,41,52)(H,42,50)(H,43,49)(H,44,46)(H,47,48). The van der Waals surface area contributed by atoms with E-state index in [1.54, 1.807) is 11.4 Å². The molecule has 54 heavy (non-hydrogen) atoms. The highest BCUT2D eigenvalue weighted by Gasteiger charge is 2.62. The monoisotopic (exact) mass is 788 g/mol. The molecule has 0 aliphatic rings. The molecule has 23 heteroatoms. The summed E-state index contributed by atoms with van der Waals surface area (Å²) < 4.78 is 129. The number of ketones is 1. The number of hydrogen-bond acceptors (Lipinski definition) is 9. The second kappa shape index (κ2) is 18.7. The van der Waals surface area contributed by atoms with E-state index < -0.39 is 116 Å². The summed E-state index contributed by atoms with van der Waals surface area (Å²) in [5, 5.41) is 15.3. The highest BCUT2D eigenvalue weighted by molar-refractivity contribution is 5.97. The number of hydrogen-bond donors (Lipinski definition) is 5. The Labute approximate surface area is 297 Å². The van der Waals surface area contributed by atoms with E-state index in [1.165, 1.54) is 34.9 Å².